The smallest absolute Gasteiger partial charge is 0.271 e. The number of nitrogens with one attached hydrogen (secondary N) is 1. The summed E-state index contributed by atoms with van der Waals surface area (Å²) in [6.45, 7) is 0. The van der Waals surface area contributed by atoms with Crippen molar-refractivity contribution in [2.45, 2.75) is 4.90 Å². The number of pyridine rings is 1. The molecule has 3 N–H and O–H groups in total. The van der Waals surface area contributed by atoms with Crippen LogP contribution in [0.15, 0.2) is 22.0 Å². The van der Waals surface area contributed by atoms with Crippen molar-refractivity contribution in [1.29, 1.82) is 0 Å². The minimum atomic E-state index is -1.10. The van der Waals surface area contributed by atoms with E-state index in [4.69, 9.17) is 5.73 Å². The molecule has 1 unspecified atom stereocenters. The van der Waals surface area contributed by atoms with Gasteiger partial charge in [-0.25, -0.2) is 0 Å². The third kappa shape index (κ3) is 1.68. The van der Waals surface area contributed by atoms with Gasteiger partial charge in [-0.05, 0) is 6.07 Å². The Kier molecular flexibility index (Phi) is 2.09. The summed E-state index contributed by atoms with van der Waals surface area (Å²) in [5, 5.41) is 0. The van der Waals surface area contributed by atoms with Gasteiger partial charge in [0.25, 0.3) is 5.56 Å². The summed E-state index contributed by atoms with van der Waals surface area (Å²) in [5.74, 6) is 0. The van der Waals surface area contributed by atoms with E-state index < -0.39 is 10.8 Å². The predicted octanol–water partition coefficient (Wildman–Crippen LogP) is -0.306. The van der Waals surface area contributed by atoms with Crippen LogP contribution < -0.4 is 11.3 Å². The quantitative estimate of drug-likeness (QED) is 0.610. The summed E-state index contributed by atoms with van der Waals surface area (Å²) in [5.41, 5.74) is 5.03. The van der Waals surface area contributed by atoms with Crippen molar-refractivity contribution >= 4 is 16.5 Å². The number of aromatic nitrogens is 1. The first-order valence-electron chi connectivity index (χ1n) is 2.93. The predicted molar refractivity (Wildman–Crippen MR) is 43.8 cm³/mol. The molecule has 0 saturated heterocycles. The van der Waals surface area contributed by atoms with Crippen molar-refractivity contribution in [2.24, 2.45) is 0 Å². The molecule has 4 nitrogen and oxygen atoms in total. The summed E-state index contributed by atoms with van der Waals surface area (Å²) >= 11 is 0. The molecule has 0 saturated carbocycles. The highest BCUT2D eigenvalue weighted by atomic mass is 32.2. The summed E-state index contributed by atoms with van der Waals surface area (Å²) in [6, 6.07) is 1.41. The molecule has 1 aromatic heterocycles. The normalized spacial score (nSPS) is 12.8. The first-order valence-corrected chi connectivity index (χ1v) is 4.48. The Bertz CT molecular complexity index is 345. The highest BCUT2D eigenvalue weighted by Gasteiger charge is 1.99. The number of anilines is 1. The fourth-order valence-electron chi connectivity index (χ4n) is 0.646. The topological polar surface area (TPSA) is 76.0 Å². The third-order valence-electron chi connectivity index (χ3n) is 1.24. The van der Waals surface area contributed by atoms with E-state index in [1.54, 1.807) is 0 Å². The van der Waals surface area contributed by atoms with E-state index in [0.717, 1.165) is 0 Å². The Morgan fingerprint density at radius 1 is 1.64 bits per heavy atom. The molecule has 0 aliphatic carbocycles. The number of H-pyrrole nitrogens is 1. The molecule has 1 rings (SSSR count). The zero-order valence-electron chi connectivity index (χ0n) is 5.96. The van der Waals surface area contributed by atoms with Crippen LogP contribution in [0.4, 0.5) is 5.69 Å². The van der Waals surface area contributed by atoms with Gasteiger partial charge in [-0.1, -0.05) is 0 Å². The van der Waals surface area contributed by atoms with Gasteiger partial charge >= 0.3 is 0 Å². The first-order chi connectivity index (χ1) is 5.11. The van der Waals surface area contributed by atoms with Gasteiger partial charge in [-0.15, -0.1) is 0 Å². The lowest BCUT2D eigenvalue weighted by Crippen LogP contribution is -2.11. The highest BCUT2D eigenvalue weighted by Crippen LogP contribution is 2.02. The first kappa shape index (κ1) is 8.00. The molecule has 1 aromatic rings. The number of hydrogen-bond acceptors (Lipinski definition) is 3. The molecule has 0 bridgehead atoms. The molecule has 5 heteroatoms. The van der Waals surface area contributed by atoms with E-state index in [0.29, 0.717) is 4.90 Å². The second-order valence-corrected chi connectivity index (χ2v) is 3.45. The second-order valence-electron chi connectivity index (χ2n) is 2.07. The number of hydrogen-bond donors (Lipinski definition) is 2. The minimum absolute atomic E-state index is 0.0951. The maximum Gasteiger partial charge on any atom is 0.271 e. The van der Waals surface area contributed by atoms with Crippen LogP contribution in [-0.4, -0.2) is 15.4 Å². The zero-order valence-corrected chi connectivity index (χ0v) is 6.77. The Labute approximate surface area is 65.9 Å². The van der Waals surface area contributed by atoms with E-state index >= 15 is 0 Å². The molecule has 0 spiro atoms. The number of rotatable bonds is 1. The zero-order chi connectivity index (χ0) is 8.43. The molecule has 0 radical (unpaired) electrons. The van der Waals surface area contributed by atoms with Crippen LogP contribution in [-0.2, 0) is 10.8 Å². The average Bonchev–Trinajstić information content (AvgIpc) is 1.94. The molecule has 1 atom stereocenters. The third-order valence-corrected chi connectivity index (χ3v) is 2.14. The molecule has 0 aliphatic rings. The van der Waals surface area contributed by atoms with E-state index in [1.807, 2.05) is 0 Å². The summed E-state index contributed by atoms with van der Waals surface area (Å²) in [6.07, 6.45) is 2.92. The molecular formula is C6H8N2O2S. The van der Waals surface area contributed by atoms with Crippen molar-refractivity contribution in [2.75, 3.05) is 12.0 Å². The van der Waals surface area contributed by atoms with E-state index in [-0.39, 0.29) is 11.2 Å². The maximum absolute atomic E-state index is 10.8. The van der Waals surface area contributed by atoms with Gasteiger partial charge in [0.05, 0.1) is 21.4 Å². The van der Waals surface area contributed by atoms with Gasteiger partial charge in [0.2, 0.25) is 0 Å². The lowest BCUT2D eigenvalue weighted by molar-refractivity contribution is 0.686. The monoisotopic (exact) mass is 172 g/mol. The lowest BCUT2D eigenvalue weighted by atomic mass is 10.4. The summed E-state index contributed by atoms with van der Waals surface area (Å²) in [4.78, 5) is 13.6. The largest absolute Gasteiger partial charge is 0.394 e. The van der Waals surface area contributed by atoms with Gasteiger partial charge in [0.15, 0.2) is 0 Å². The molecule has 0 aliphatic heterocycles. The van der Waals surface area contributed by atoms with Crippen molar-refractivity contribution in [3.05, 3.63) is 22.6 Å². The van der Waals surface area contributed by atoms with Crippen LogP contribution in [0.25, 0.3) is 0 Å². The lowest BCUT2D eigenvalue weighted by Gasteiger charge is -1.95. The van der Waals surface area contributed by atoms with Gasteiger partial charge in [0, 0.05) is 12.5 Å². The summed E-state index contributed by atoms with van der Waals surface area (Å²) < 4.78 is 10.8. The van der Waals surface area contributed by atoms with Crippen molar-refractivity contribution < 1.29 is 4.21 Å². The minimum Gasteiger partial charge on any atom is -0.394 e. The Hall–Kier alpha value is -1.10. The molecule has 0 fully saturated rings. The van der Waals surface area contributed by atoms with Crippen LogP contribution in [0.2, 0.25) is 0 Å². The average molecular weight is 172 g/mol. The van der Waals surface area contributed by atoms with E-state index in [9.17, 15) is 9.00 Å². The Morgan fingerprint density at radius 2 is 2.27 bits per heavy atom. The number of nitrogens with two attached hydrogens (primary N) is 1. The van der Waals surface area contributed by atoms with Gasteiger partial charge in [0.1, 0.15) is 0 Å². The van der Waals surface area contributed by atoms with Crippen molar-refractivity contribution in [1.82, 2.24) is 4.98 Å². The molecule has 0 amide bonds. The van der Waals surface area contributed by atoms with Gasteiger partial charge in [-0.3, -0.25) is 9.00 Å². The van der Waals surface area contributed by atoms with Crippen molar-refractivity contribution in [3.63, 3.8) is 0 Å². The summed E-state index contributed by atoms with van der Waals surface area (Å²) in [7, 11) is -1.10. The van der Waals surface area contributed by atoms with Crippen LogP contribution in [0.5, 0.6) is 0 Å². The van der Waals surface area contributed by atoms with Crippen LogP contribution in [0.3, 0.4) is 0 Å². The highest BCUT2D eigenvalue weighted by molar-refractivity contribution is 7.84. The standard InChI is InChI=1S/C6H8N2O2S/c1-11(10)4-2-5(7)6(9)8-3-4/h2-3H,7H2,1H3,(H,8,9). The maximum atomic E-state index is 10.8. The van der Waals surface area contributed by atoms with E-state index in [2.05, 4.69) is 4.98 Å². The fourth-order valence-corrected chi connectivity index (χ4v) is 1.16. The van der Waals surface area contributed by atoms with Crippen LogP contribution >= 0.6 is 0 Å². The van der Waals surface area contributed by atoms with Gasteiger partial charge < -0.3 is 10.7 Å². The number of aromatic amines is 1. The van der Waals surface area contributed by atoms with Crippen LogP contribution in [0.1, 0.15) is 0 Å². The molecule has 11 heavy (non-hydrogen) atoms. The Morgan fingerprint density at radius 3 is 2.73 bits per heavy atom. The molecular weight excluding hydrogens is 164 g/mol. The number of nitrogen functional groups attached to an aromatic ring is 1. The molecule has 60 valence electrons. The molecule has 1 heterocycles. The van der Waals surface area contributed by atoms with Crippen LogP contribution in [0, 0.1) is 0 Å². The fraction of sp³-hybridized carbons (Fsp3) is 0.167. The second kappa shape index (κ2) is 2.87. The van der Waals surface area contributed by atoms with Crippen molar-refractivity contribution in [3.8, 4) is 0 Å². The van der Waals surface area contributed by atoms with Gasteiger partial charge in [-0.2, -0.15) is 0 Å². The van der Waals surface area contributed by atoms with E-state index in [1.165, 1.54) is 18.5 Å². The Balaban J connectivity index is 3.26. The SMILES string of the molecule is CS(=O)c1c[nH]c(=O)c(N)c1. The molecule has 0 aromatic carbocycles.